The van der Waals surface area contributed by atoms with Crippen LogP contribution >= 0.6 is 11.3 Å². The summed E-state index contributed by atoms with van der Waals surface area (Å²) in [5.41, 5.74) is 3.16. The van der Waals surface area contributed by atoms with E-state index in [1.807, 2.05) is 30.5 Å². The first-order chi connectivity index (χ1) is 15.4. The van der Waals surface area contributed by atoms with Gasteiger partial charge in [0.1, 0.15) is 4.21 Å². The van der Waals surface area contributed by atoms with Gasteiger partial charge >= 0.3 is 5.97 Å². The maximum Gasteiger partial charge on any atom is 0.340 e. The lowest BCUT2D eigenvalue weighted by Gasteiger charge is -2.27. The fraction of sp³-hybridized carbons (Fsp3) is 0.391. The molecule has 170 valence electrons. The Morgan fingerprint density at radius 3 is 2.69 bits per heavy atom. The van der Waals surface area contributed by atoms with E-state index in [-0.39, 0.29) is 9.77 Å². The molecule has 0 radical (unpaired) electrons. The van der Waals surface area contributed by atoms with E-state index in [2.05, 4.69) is 16.0 Å². The van der Waals surface area contributed by atoms with Gasteiger partial charge in [-0.05, 0) is 29.7 Å². The third-order valence-electron chi connectivity index (χ3n) is 5.91. The second-order valence-electron chi connectivity index (χ2n) is 7.70. The lowest BCUT2D eigenvalue weighted by Crippen LogP contribution is -2.31. The largest absolute Gasteiger partial charge is 0.465 e. The maximum absolute atomic E-state index is 13.3. The van der Waals surface area contributed by atoms with Gasteiger partial charge in [-0.3, -0.25) is 9.88 Å². The highest BCUT2D eigenvalue weighted by atomic mass is 32.2. The fourth-order valence-corrected chi connectivity index (χ4v) is 7.80. The molecule has 4 rings (SSSR count). The summed E-state index contributed by atoms with van der Waals surface area (Å²) in [6, 6.07) is 10.1. The van der Waals surface area contributed by atoms with Crippen LogP contribution in [0.15, 0.2) is 40.7 Å². The van der Waals surface area contributed by atoms with Crippen molar-refractivity contribution >= 4 is 38.2 Å². The Morgan fingerprint density at radius 2 is 1.97 bits per heavy atom. The van der Waals surface area contributed by atoms with Gasteiger partial charge in [0.15, 0.2) is 0 Å². The third kappa shape index (κ3) is 4.05. The number of ether oxygens (including phenoxy) is 1. The van der Waals surface area contributed by atoms with Crippen molar-refractivity contribution in [3.63, 3.8) is 0 Å². The number of para-hydroxylation sites is 1. The van der Waals surface area contributed by atoms with Gasteiger partial charge in [-0.2, -0.15) is 4.31 Å². The van der Waals surface area contributed by atoms with Crippen LogP contribution in [-0.4, -0.2) is 55.3 Å². The number of pyridine rings is 1. The van der Waals surface area contributed by atoms with E-state index < -0.39 is 16.0 Å². The van der Waals surface area contributed by atoms with Gasteiger partial charge in [0.05, 0.1) is 18.2 Å². The zero-order chi connectivity index (χ0) is 22.9. The number of sulfonamides is 1. The van der Waals surface area contributed by atoms with Gasteiger partial charge in [0.25, 0.3) is 10.0 Å². The van der Waals surface area contributed by atoms with Gasteiger partial charge < -0.3 is 4.74 Å². The Bertz CT molecular complexity index is 1240. The molecule has 0 unspecified atom stereocenters. The standard InChI is InChI=1S/C23H27N3O4S2/c1-4-26(5-2)32(28,29)23-21(22(27)30-3)18-11-13-25(15-20(18)31-23)14-16-10-12-24-19-9-7-6-8-17(16)19/h6-10,12H,4-5,11,13-15H2,1-3H3. The number of carbonyl (C=O) groups is 1. The van der Waals surface area contributed by atoms with Gasteiger partial charge in [-0.1, -0.05) is 32.0 Å². The summed E-state index contributed by atoms with van der Waals surface area (Å²) in [5.74, 6) is -0.582. The molecule has 1 aliphatic heterocycles. The van der Waals surface area contributed by atoms with Crippen molar-refractivity contribution in [3.05, 3.63) is 58.1 Å². The number of carbonyl (C=O) groups excluding carboxylic acids is 1. The van der Waals surface area contributed by atoms with Crippen molar-refractivity contribution in [3.8, 4) is 0 Å². The summed E-state index contributed by atoms with van der Waals surface area (Å²) in [6.45, 7) is 6.35. The van der Waals surface area contributed by atoms with Crippen LogP contribution < -0.4 is 0 Å². The van der Waals surface area contributed by atoms with Crippen LogP contribution in [0.1, 0.15) is 40.2 Å². The van der Waals surface area contributed by atoms with Crippen molar-refractivity contribution in [2.75, 3.05) is 26.7 Å². The molecule has 0 saturated heterocycles. The summed E-state index contributed by atoms with van der Waals surface area (Å²) >= 11 is 1.21. The minimum Gasteiger partial charge on any atom is -0.465 e. The molecule has 1 aromatic carbocycles. The molecule has 9 heteroatoms. The molecule has 3 aromatic rings. The number of rotatable bonds is 7. The Morgan fingerprint density at radius 1 is 1.22 bits per heavy atom. The van der Waals surface area contributed by atoms with Crippen LogP contribution in [0.4, 0.5) is 0 Å². The summed E-state index contributed by atoms with van der Waals surface area (Å²) in [7, 11) is -2.47. The van der Waals surface area contributed by atoms with Crippen LogP contribution in [0.3, 0.4) is 0 Å². The number of hydrogen-bond acceptors (Lipinski definition) is 7. The Balaban J connectivity index is 1.69. The lowest BCUT2D eigenvalue weighted by molar-refractivity contribution is 0.0595. The molecule has 32 heavy (non-hydrogen) atoms. The van der Waals surface area contributed by atoms with Crippen molar-refractivity contribution in [1.82, 2.24) is 14.2 Å². The average molecular weight is 474 g/mol. The molecular formula is C23H27N3O4S2. The normalized spacial score (nSPS) is 14.6. The predicted molar refractivity (Wildman–Crippen MR) is 125 cm³/mol. The first-order valence-electron chi connectivity index (χ1n) is 10.7. The highest BCUT2D eigenvalue weighted by Gasteiger charge is 2.36. The zero-order valence-electron chi connectivity index (χ0n) is 18.5. The summed E-state index contributed by atoms with van der Waals surface area (Å²) in [4.78, 5) is 20.3. The zero-order valence-corrected chi connectivity index (χ0v) is 20.1. The number of methoxy groups -OCH3 is 1. The number of thiophene rings is 1. The number of aromatic nitrogens is 1. The first-order valence-corrected chi connectivity index (χ1v) is 12.9. The maximum atomic E-state index is 13.3. The number of fused-ring (bicyclic) bond motifs is 2. The highest BCUT2D eigenvalue weighted by Crippen LogP contribution is 2.38. The van der Waals surface area contributed by atoms with Crippen molar-refractivity contribution < 1.29 is 17.9 Å². The number of nitrogens with zero attached hydrogens (tertiary/aromatic N) is 3. The number of hydrogen-bond donors (Lipinski definition) is 0. The summed E-state index contributed by atoms with van der Waals surface area (Å²) < 4.78 is 33.0. The quantitative estimate of drug-likeness (QED) is 0.487. The van der Waals surface area contributed by atoms with E-state index in [0.29, 0.717) is 26.1 Å². The van der Waals surface area contributed by atoms with Crippen molar-refractivity contribution in [1.29, 1.82) is 0 Å². The summed E-state index contributed by atoms with van der Waals surface area (Å²) in [6.07, 6.45) is 2.43. The minimum atomic E-state index is -3.76. The Labute approximate surface area is 192 Å². The molecule has 0 atom stereocenters. The average Bonchev–Trinajstić information content (AvgIpc) is 3.19. The van der Waals surface area contributed by atoms with Gasteiger partial charge in [0.2, 0.25) is 0 Å². The SMILES string of the molecule is CCN(CC)S(=O)(=O)c1sc2c(c1C(=O)OC)CCN(Cc1ccnc3ccccc13)C2. The summed E-state index contributed by atoms with van der Waals surface area (Å²) in [5, 5.41) is 1.12. The third-order valence-corrected chi connectivity index (χ3v) is 9.67. The molecular weight excluding hydrogens is 446 g/mol. The molecule has 0 fully saturated rings. The monoisotopic (exact) mass is 473 g/mol. The van der Waals surface area contributed by atoms with Crippen LogP contribution in [0, 0.1) is 0 Å². The molecule has 1 aliphatic rings. The van der Waals surface area contributed by atoms with Gasteiger partial charge in [-0.15, -0.1) is 11.3 Å². The van der Waals surface area contributed by atoms with Crippen molar-refractivity contribution in [2.24, 2.45) is 0 Å². The Hall–Kier alpha value is -2.33. The molecule has 0 saturated carbocycles. The lowest BCUT2D eigenvalue weighted by atomic mass is 10.0. The molecule has 0 bridgehead atoms. The van der Waals surface area contributed by atoms with E-state index in [0.717, 1.165) is 34.4 Å². The topological polar surface area (TPSA) is 79.8 Å². The predicted octanol–water partition coefficient (Wildman–Crippen LogP) is 3.67. The molecule has 0 amide bonds. The second kappa shape index (κ2) is 9.27. The molecule has 0 N–H and O–H groups in total. The van der Waals surface area contributed by atoms with Crippen molar-refractivity contribution in [2.45, 2.75) is 37.6 Å². The molecule has 3 heterocycles. The number of benzene rings is 1. The van der Waals surface area contributed by atoms with Crippen LogP contribution in [0.25, 0.3) is 10.9 Å². The highest BCUT2D eigenvalue weighted by molar-refractivity contribution is 7.91. The molecule has 7 nitrogen and oxygen atoms in total. The van der Waals surface area contributed by atoms with Crippen LogP contribution in [-0.2, 0) is 34.3 Å². The van der Waals surface area contributed by atoms with Crippen LogP contribution in [0.2, 0.25) is 0 Å². The fourth-order valence-electron chi connectivity index (χ4n) is 4.27. The van der Waals surface area contributed by atoms with Crippen LogP contribution in [0.5, 0.6) is 0 Å². The molecule has 2 aromatic heterocycles. The van der Waals surface area contributed by atoms with Gasteiger partial charge in [0, 0.05) is 49.2 Å². The smallest absolute Gasteiger partial charge is 0.340 e. The number of esters is 1. The van der Waals surface area contributed by atoms with Gasteiger partial charge in [-0.25, -0.2) is 13.2 Å². The van der Waals surface area contributed by atoms with E-state index >= 15 is 0 Å². The van der Waals surface area contributed by atoms with E-state index in [9.17, 15) is 13.2 Å². The second-order valence-corrected chi connectivity index (χ2v) is 10.9. The van der Waals surface area contributed by atoms with E-state index in [1.165, 1.54) is 28.3 Å². The first kappa shape index (κ1) is 22.8. The minimum absolute atomic E-state index is 0.106. The Kier molecular flexibility index (Phi) is 6.62. The molecule has 0 spiro atoms. The van der Waals surface area contributed by atoms with E-state index in [4.69, 9.17) is 4.74 Å². The molecule has 0 aliphatic carbocycles. The van der Waals surface area contributed by atoms with E-state index in [1.54, 1.807) is 13.8 Å².